The van der Waals surface area contributed by atoms with Crippen LogP contribution in [0.3, 0.4) is 0 Å². The number of aliphatic hydroxyl groups excluding tert-OH is 5. The molecule has 6 nitrogen and oxygen atoms in total. The van der Waals surface area contributed by atoms with Gasteiger partial charge in [-0.1, -0.05) is 0 Å². The fourth-order valence-corrected chi connectivity index (χ4v) is 0.512. The van der Waals surface area contributed by atoms with Crippen LogP contribution in [0.5, 0.6) is 0 Å². The zero-order valence-electron chi connectivity index (χ0n) is 5.70. The second kappa shape index (κ2) is 4.60. The van der Waals surface area contributed by atoms with E-state index in [9.17, 15) is 0 Å². The monoisotopic (exact) mass is 168 g/mol. The molecule has 0 saturated carbocycles. The lowest BCUT2D eigenvalue weighted by Gasteiger charge is -2.22. The Morgan fingerprint density at radius 1 is 0.818 bits per heavy atom. The summed E-state index contributed by atoms with van der Waals surface area (Å²) < 4.78 is 0. The second-order valence-electron chi connectivity index (χ2n) is 2.14. The molecule has 0 spiro atoms. The van der Waals surface area contributed by atoms with Crippen LogP contribution in [-0.4, -0.2) is 61.8 Å². The third-order valence-electron chi connectivity index (χ3n) is 1.24. The first-order chi connectivity index (χ1) is 5.00. The van der Waals surface area contributed by atoms with Gasteiger partial charge in [-0.05, 0) is 0 Å². The lowest BCUT2D eigenvalue weighted by atomic mass is 10.1. The molecule has 3 atom stereocenters. The summed E-state index contributed by atoms with van der Waals surface area (Å²) in [6, 6.07) is 0. The summed E-state index contributed by atoms with van der Waals surface area (Å²) in [5.41, 5.74) is 0. The summed E-state index contributed by atoms with van der Waals surface area (Å²) in [6.45, 7) is -0.759. The normalized spacial score (nSPS) is 19.9. The van der Waals surface area contributed by atoms with Gasteiger partial charge in [0.05, 0.1) is 6.61 Å². The highest BCUT2D eigenvalue weighted by Crippen LogP contribution is 2.02. The van der Waals surface area contributed by atoms with E-state index in [1.54, 1.807) is 0 Å². The molecule has 0 radical (unpaired) electrons. The lowest BCUT2D eigenvalue weighted by Crippen LogP contribution is -2.45. The van der Waals surface area contributed by atoms with Crippen molar-refractivity contribution in [3.8, 4) is 0 Å². The van der Waals surface area contributed by atoms with E-state index in [1.807, 2.05) is 0 Å². The largest absolute Gasteiger partial charge is 0.394 e. The zero-order chi connectivity index (χ0) is 9.02. The van der Waals surface area contributed by atoms with Gasteiger partial charge in [-0.3, -0.25) is 0 Å². The van der Waals surface area contributed by atoms with Crippen LogP contribution in [0, 0.1) is 0 Å². The molecule has 0 fully saturated rings. The zero-order valence-corrected chi connectivity index (χ0v) is 5.70. The first-order valence-electron chi connectivity index (χ1n) is 3.02. The molecule has 6 N–H and O–H groups in total. The first-order valence-corrected chi connectivity index (χ1v) is 3.02. The average Bonchev–Trinajstić information content (AvgIpc) is 2.00. The number of aliphatic hydroxyl groups is 6. The molecule has 0 unspecified atom stereocenters. The molecule has 6 heteroatoms. The summed E-state index contributed by atoms with van der Waals surface area (Å²) in [5, 5.41) is 50.9. The molecular formula is C5H12O6. The van der Waals surface area contributed by atoms with Gasteiger partial charge in [0.1, 0.15) is 18.3 Å². The topological polar surface area (TPSA) is 121 Å². The van der Waals surface area contributed by atoms with Gasteiger partial charge in [-0.2, -0.15) is 0 Å². The van der Waals surface area contributed by atoms with Crippen molar-refractivity contribution < 1.29 is 30.6 Å². The SMILES string of the molecule is OC[C@@H](O)[C@H](O)[C@H](O)C(O)O. The Bertz CT molecular complexity index is 105. The van der Waals surface area contributed by atoms with Gasteiger partial charge in [-0.25, -0.2) is 0 Å². The van der Waals surface area contributed by atoms with E-state index < -0.39 is 31.2 Å². The Morgan fingerprint density at radius 3 is 1.55 bits per heavy atom. The molecule has 0 aliphatic rings. The van der Waals surface area contributed by atoms with Crippen LogP contribution >= 0.6 is 0 Å². The van der Waals surface area contributed by atoms with Crippen LogP contribution < -0.4 is 0 Å². The third kappa shape index (κ3) is 3.10. The Kier molecular flexibility index (Phi) is 4.50. The second-order valence-corrected chi connectivity index (χ2v) is 2.14. The van der Waals surface area contributed by atoms with Gasteiger partial charge in [0, 0.05) is 0 Å². The maximum Gasteiger partial charge on any atom is 0.180 e. The van der Waals surface area contributed by atoms with Crippen LogP contribution in [0.25, 0.3) is 0 Å². The third-order valence-corrected chi connectivity index (χ3v) is 1.24. The van der Waals surface area contributed by atoms with Crippen LogP contribution in [0.2, 0.25) is 0 Å². The molecule has 0 aromatic rings. The van der Waals surface area contributed by atoms with Crippen molar-refractivity contribution in [2.45, 2.75) is 24.6 Å². The molecule has 0 aromatic carbocycles. The molecule has 0 bridgehead atoms. The fourth-order valence-electron chi connectivity index (χ4n) is 0.512. The predicted molar refractivity (Wildman–Crippen MR) is 33.3 cm³/mol. The Morgan fingerprint density at radius 2 is 1.27 bits per heavy atom. The van der Waals surface area contributed by atoms with Gasteiger partial charge < -0.3 is 30.6 Å². The highest BCUT2D eigenvalue weighted by Gasteiger charge is 2.28. The molecule has 68 valence electrons. The molecule has 0 aliphatic heterocycles. The highest BCUT2D eigenvalue weighted by atomic mass is 16.5. The van der Waals surface area contributed by atoms with Gasteiger partial charge in [0.25, 0.3) is 0 Å². The molecule has 0 heterocycles. The van der Waals surface area contributed by atoms with Crippen LogP contribution in [0.15, 0.2) is 0 Å². The van der Waals surface area contributed by atoms with E-state index in [2.05, 4.69) is 0 Å². The van der Waals surface area contributed by atoms with Gasteiger partial charge >= 0.3 is 0 Å². The van der Waals surface area contributed by atoms with E-state index in [0.717, 1.165) is 0 Å². The molecule has 0 aliphatic carbocycles. The molecule has 0 amide bonds. The number of hydrogen-bond donors (Lipinski definition) is 6. The maximum absolute atomic E-state index is 8.78. The highest BCUT2D eigenvalue weighted by molar-refractivity contribution is 4.75. The first kappa shape index (κ1) is 10.8. The van der Waals surface area contributed by atoms with E-state index >= 15 is 0 Å². The fraction of sp³-hybridized carbons (Fsp3) is 1.00. The Hall–Kier alpha value is -0.240. The molecule has 0 aromatic heterocycles. The average molecular weight is 168 g/mol. The lowest BCUT2D eigenvalue weighted by molar-refractivity contribution is -0.180. The smallest absolute Gasteiger partial charge is 0.180 e. The molecule has 0 rings (SSSR count). The Labute approximate surface area is 63.0 Å². The van der Waals surface area contributed by atoms with Crippen molar-refractivity contribution in [2.24, 2.45) is 0 Å². The van der Waals surface area contributed by atoms with Crippen LogP contribution in [0.4, 0.5) is 0 Å². The summed E-state index contributed by atoms with van der Waals surface area (Å²) in [7, 11) is 0. The van der Waals surface area contributed by atoms with E-state index in [1.165, 1.54) is 0 Å². The molecule has 0 saturated heterocycles. The van der Waals surface area contributed by atoms with Crippen molar-refractivity contribution in [1.29, 1.82) is 0 Å². The summed E-state index contributed by atoms with van der Waals surface area (Å²) in [4.78, 5) is 0. The standard InChI is InChI=1S/C5H12O6/c6-1-2(7)3(8)4(9)5(10)11/h2-11H,1H2/t2-,3+,4+/m1/s1. The minimum absolute atomic E-state index is 0.759. The van der Waals surface area contributed by atoms with Crippen molar-refractivity contribution >= 4 is 0 Å². The summed E-state index contributed by atoms with van der Waals surface area (Å²) in [5.74, 6) is 0. The summed E-state index contributed by atoms with van der Waals surface area (Å²) >= 11 is 0. The van der Waals surface area contributed by atoms with Gasteiger partial charge in [0.15, 0.2) is 6.29 Å². The summed E-state index contributed by atoms with van der Waals surface area (Å²) in [6.07, 6.45) is -7.35. The van der Waals surface area contributed by atoms with E-state index in [-0.39, 0.29) is 0 Å². The van der Waals surface area contributed by atoms with Crippen LogP contribution in [0.1, 0.15) is 0 Å². The van der Waals surface area contributed by atoms with Crippen molar-refractivity contribution in [3.05, 3.63) is 0 Å². The minimum atomic E-state index is -2.13. The van der Waals surface area contributed by atoms with Crippen molar-refractivity contribution in [2.75, 3.05) is 6.61 Å². The van der Waals surface area contributed by atoms with Gasteiger partial charge in [0.2, 0.25) is 0 Å². The Balaban J connectivity index is 3.90. The maximum atomic E-state index is 8.78. The number of hydrogen-bond acceptors (Lipinski definition) is 6. The predicted octanol–water partition coefficient (Wildman–Crippen LogP) is -3.63. The van der Waals surface area contributed by atoms with Crippen LogP contribution in [-0.2, 0) is 0 Å². The minimum Gasteiger partial charge on any atom is -0.394 e. The van der Waals surface area contributed by atoms with E-state index in [0.29, 0.717) is 0 Å². The van der Waals surface area contributed by atoms with E-state index in [4.69, 9.17) is 30.6 Å². The molecule has 11 heavy (non-hydrogen) atoms. The van der Waals surface area contributed by atoms with Gasteiger partial charge in [-0.15, -0.1) is 0 Å². The number of rotatable bonds is 4. The quantitative estimate of drug-likeness (QED) is 0.241. The molecular weight excluding hydrogens is 156 g/mol. The van der Waals surface area contributed by atoms with Crippen molar-refractivity contribution in [1.82, 2.24) is 0 Å². The van der Waals surface area contributed by atoms with Crippen molar-refractivity contribution in [3.63, 3.8) is 0 Å².